The minimum atomic E-state index is 0.783. The van der Waals surface area contributed by atoms with Crippen LogP contribution in [0.1, 0.15) is 12.5 Å². The van der Waals surface area contributed by atoms with Gasteiger partial charge in [0, 0.05) is 5.56 Å². The average molecular weight is 332 g/mol. The van der Waals surface area contributed by atoms with Crippen LogP contribution in [0, 0.1) is 0 Å². The van der Waals surface area contributed by atoms with E-state index in [9.17, 15) is 0 Å². The second-order valence-electron chi connectivity index (χ2n) is 4.47. The Hall–Kier alpha value is -1.88. The SMILES string of the molecule is CCc1cc(-c2ccc3nc(Br)cn3n2)ccc1OC. The second kappa shape index (κ2) is 5.25. The van der Waals surface area contributed by atoms with E-state index in [1.54, 1.807) is 11.6 Å². The molecule has 2 heterocycles. The van der Waals surface area contributed by atoms with E-state index in [1.807, 2.05) is 30.5 Å². The summed E-state index contributed by atoms with van der Waals surface area (Å²) in [6, 6.07) is 10.1. The van der Waals surface area contributed by atoms with Gasteiger partial charge in [0.2, 0.25) is 0 Å². The lowest BCUT2D eigenvalue weighted by Gasteiger charge is -2.09. The number of nitrogens with zero attached hydrogens (tertiary/aromatic N) is 3. The summed E-state index contributed by atoms with van der Waals surface area (Å²) in [4.78, 5) is 4.31. The van der Waals surface area contributed by atoms with Gasteiger partial charge in [-0.25, -0.2) is 9.50 Å². The van der Waals surface area contributed by atoms with Gasteiger partial charge < -0.3 is 4.74 Å². The number of halogens is 1. The molecule has 102 valence electrons. The first-order valence-electron chi connectivity index (χ1n) is 6.40. The number of fused-ring (bicyclic) bond motifs is 1. The van der Waals surface area contributed by atoms with Crippen molar-refractivity contribution in [1.29, 1.82) is 0 Å². The van der Waals surface area contributed by atoms with Crippen molar-refractivity contribution < 1.29 is 4.74 Å². The van der Waals surface area contributed by atoms with Crippen molar-refractivity contribution in [2.75, 3.05) is 7.11 Å². The largest absolute Gasteiger partial charge is 0.496 e. The van der Waals surface area contributed by atoms with E-state index >= 15 is 0 Å². The van der Waals surface area contributed by atoms with E-state index in [1.165, 1.54) is 5.56 Å². The highest BCUT2D eigenvalue weighted by atomic mass is 79.9. The number of imidazole rings is 1. The summed E-state index contributed by atoms with van der Waals surface area (Å²) in [5, 5.41) is 4.58. The molecule has 0 aliphatic heterocycles. The van der Waals surface area contributed by atoms with Crippen LogP contribution in [0.25, 0.3) is 16.9 Å². The minimum Gasteiger partial charge on any atom is -0.496 e. The molecule has 2 aromatic heterocycles. The molecular formula is C15H14BrN3O. The number of hydrogen-bond donors (Lipinski definition) is 0. The summed E-state index contributed by atoms with van der Waals surface area (Å²) < 4.78 is 7.92. The van der Waals surface area contributed by atoms with Gasteiger partial charge in [0.15, 0.2) is 5.65 Å². The Morgan fingerprint density at radius 1 is 1.25 bits per heavy atom. The summed E-state index contributed by atoms with van der Waals surface area (Å²) in [6.07, 6.45) is 2.78. The third-order valence-electron chi connectivity index (χ3n) is 3.25. The molecule has 0 radical (unpaired) electrons. The van der Waals surface area contributed by atoms with Crippen molar-refractivity contribution in [2.24, 2.45) is 0 Å². The van der Waals surface area contributed by atoms with Crippen LogP contribution in [-0.2, 0) is 6.42 Å². The van der Waals surface area contributed by atoms with Gasteiger partial charge in [-0.2, -0.15) is 5.10 Å². The van der Waals surface area contributed by atoms with Crippen molar-refractivity contribution in [3.8, 4) is 17.0 Å². The fraction of sp³-hybridized carbons (Fsp3) is 0.200. The van der Waals surface area contributed by atoms with E-state index in [2.05, 4.69) is 39.0 Å². The zero-order valence-corrected chi connectivity index (χ0v) is 12.9. The van der Waals surface area contributed by atoms with Gasteiger partial charge in [-0.3, -0.25) is 0 Å². The molecule has 0 saturated heterocycles. The van der Waals surface area contributed by atoms with Gasteiger partial charge in [0.25, 0.3) is 0 Å². The van der Waals surface area contributed by atoms with E-state index in [0.717, 1.165) is 33.7 Å². The quantitative estimate of drug-likeness (QED) is 0.734. The Morgan fingerprint density at radius 2 is 2.10 bits per heavy atom. The first kappa shape index (κ1) is 13.1. The Labute approximate surface area is 125 Å². The van der Waals surface area contributed by atoms with Crippen LogP contribution in [-0.4, -0.2) is 21.7 Å². The molecule has 0 amide bonds. The zero-order chi connectivity index (χ0) is 14.1. The van der Waals surface area contributed by atoms with Crippen LogP contribution < -0.4 is 4.74 Å². The fourth-order valence-electron chi connectivity index (χ4n) is 2.22. The minimum absolute atomic E-state index is 0.783. The molecular weight excluding hydrogens is 318 g/mol. The number of ether oxygens (including phenoxy) is 1. The topological polar surface area (TPSA) is 39.4 Å². The molecule has 0 spiro atoms. The zero-order valence-electron chi connectivity index (χ0n) is 11.3. The van der Waals surface area contributed by atoms with Gasteiger partial charge in [-0.1, -0.05) is 6.92 Å². The van der Waals surface area contributed by atoms with Crippen LogP contribution in [0.4, 0.5) is 0 Å². The summed E-state index contributed by atoms with van der Waals surface area (Å²) in [6.45, 7) is 2.12. The van der Waals surface area contributed by atoms with Crippen molar-refractivity contribution in [2.45, 2.75) is 13.3 Å². The maximum atomic E-state index is 5.36. The van der Waals surface area contributed by atoms with Gasteiger partial charge in [-0.05, 0) is 58.2 Å². The van der Waals surface area contributed by atoms with Crippen molar-refractivity contribution >= 4 is 21.6 Å². The van der Waals surface area contributed by atoms with E-state index in [4.69, 9.17) is 4.74 Å². The lowest BCUT2D eigenvalue weighted by atomic mass is 10.1. The van der Waals surface area contributed by atoms with E-state index < -0.39 is 0 Å². The molecule has 0 aliphatic rings. The number of aryl methyl sites for hydroxylation is 1. The maximum Gasteiger partial charge on any atom is 0.154 e. The monoisotopic (exact) mass is 331 g/mol. The predicted molar refractivity (Wildman–Crippen MR) is 82.1 cm³/mol. The highest BCUT2D eigenvalue weighted by Crippen LogP contribution is 2.26. The van der Waals surface area contributed by atoms with Gasteiger partial charge in [0.1, 0.15) is 10.4 Å². The van der Waals surface area contributed by atoms with Crippen LogP contribution in [0.15, 0.2) is 41.1 Å². The highest BCUT2D eigenvalue weighted by Gasteiger charge is 2.07. The molecule has 0 aliphatic carbocycles. The van der Waals surface area contributed by atoms with Gasteiger partial charge >= 0.3 is 0 Å². The molecule has 0 unspecified atom stereocenters. The lowest BCUT2D eigenvalue weighted by molar-refractivity contribution is 0.410. The second-order valence-corrected chi connectivity index (χ2v) is 5.28. The molecule has 0 N–H and O–H groups in total. The summed E-state index contributed by atoms with van der Waals surface area (Å²) >= 11 is 3.36. The van der Waals surface area contributed by atoms with E-state index in [0.29, 0.717) is 0 Å². The van der Waals surface area contributed by atoms with Gasteiger partial charge in [-0.15, -0.1) is 0 Å². The average Bonchev–Trinajstić information content (AvgIpc) is 2.85. The Bertz CT molecular complexity index is 767. The van der Waals surface area contributed by atoms with Crippen molar-refractivity contribution in [3.63, 3.8) is 0 Å². The number of methoxy groups -OCH3 is 1. The Morgan fingerprint density at radius 3 is 2.85 bits per heavy atom. The third-order valence-corrected chi connectivity index (χ3v) is 3.63. The maximum absolute atomic E-state index is 5.36. The van der Waals surface area contributed by atoms with Crippen LogP contribution in [0.2, 0.25) is 0 Å². The molecule has 4 nitrogen and oxygen atoms in total. The Balaban J connectivity index is 2.09. The Kier molecular flexibility index (Phi) is 3.44. The number of aromatic nitrogens is 3. The van der Waals surface area contributed by atoms with Gasteiger partial charge in [0.05, 0.1) is 19.0 Å². The molecule has 3 aromatic rings. The molecule has 0 fully saturated rings. The van der Waals surface area contributed by atoms with Crippen LogP contribution >= 0.6 is 15.9 Å². The summed E-state index contributed by atoms with van der Waals surface area (Å²) in [5.74, 6) is 0.919. The van der Waals surface area contributed by atoms with Crippen molar-refractivity contribution in [3.05, 3.63) is 46.7 Å². The molecule has 0 atom stereocenters. The predicted octanol–water partition coefficient (Wildman–Crippen LogP) is 3.73. The normalized spacial score (nSPS) is 10.9. The van der Waals surface area contributed by atoms with Crippen LogP contribution in [0.5, 0.6) is 5.75 Å². The molecule has 0 bridgehead atoms. The number of rotatable bonds is 3. The summed E-state index contributed by atoms with van der Waals surface area (Å²) in [5.41, 5.74) is 4.00. The lowest BCUT2D eigenvalue weighted by Crippen LogP contribution is -1.95. The molecule has 5 heteroatoms. The standard InChI is InChI=1S/C15H14BrN3O/c1-3-10-8-11(4-6-13(10)20-2)12-5-7-15-17-14(16)9-19(15)18-12/h4-9H,3H2,1-2H3. The fourth-order valence-corrected chi connectivity index (χ4v) is 2.60. The number of hydrogen-bond acceptors (Lipinski definition) is 3. The third kappa shape index (κ3) is 2.29. The smallest absolute Gasteiger partial charge is 0.154 e. The van der Waals surface area contributed by atoms with E-state index in [-0.39, 0.29) is 0 Å². The summed E-state index contributed by atoms with van der Waals surface area (Å²) in [7, 11) is 1.70. The first-order valence-corrected chi connectivity index (χ1v) is 7.20. The molecule has 3 rings (SSSR count). The molecule has 20 heavy (non-hydrogen) atoms. The molecule has 0 saturated carbocycles. The first-order chi connectivity index (χ1) is 9.71. The molecule has 1 aromatic carbocycles. The highest BCUT2D eigenvalue weighted by molar-refractivity contribution is 9.10. The van der Waals surface area contributed by atoms with Crippen molar-refractivity contribution in [1.82, 2.24) is 14.6 Å². The number of benzene rings is 1. The van der Waals surface area contributed by atoms with Crippen LogP contribution in [0.3, 0.4) is 0 Å².